The van der Waals surface area contributed by atoms with E-state index in [9.17, 15) is 9.59 Å². The van der Waals surface area contributed by atoms with Crippen molar-refractivity contribution < 1.29 is 29.0 Å². The van der Waals surface area contributed by atoms with E-state index >= 15 is 0 Å². The van der Waals surface area contributed by atoms with E-state index in [1.54, 1.807) is 0 Å². The molecule has 1 fully saturated rings. The fourth-order valence-corrected chi connectivity index (χ4v) is 1.92. The average Bonchev–Trinajstić information content (AvgIpc) is 2.88. The van der Waals surface area contributed by atoms with E-state index in [0.29, 0.717) is 6.61 Å². The van der Waals surface area contributed by atoms with Crippen molar-refractivity contribution in [1.29, 1.82) is 0 Å². The highest BCUT2D eigenvalue weighted by Crippen LogP contribution is 2.17. The number of hydrogen-bond acceptors (Lipinski definition) is 5. The van der Waals surface area contributed by atoms with Crippen LogP contribution in [0.3, 0.4) is 0 Å². The molecule has 0 saturated carbocycles. The summed E-state index contributed by atoms with van der Waals surface area (Å²) in [5, 5.41) is 17.8. The first-order valence-corrected chi connectivity index (χ1v) is 5.89. The van der Waals surface area contributed by atoms with Crippen LogP contribution in [0.5, 0.6) is 0 Å². The fourth-order valence-electron chi connectivity index (χ4n) is 1.92. The van der Waals surface area contributed by atoms with Gasteiger partial charge in [0.05, 0.1) is 25.4 Å². The summed E-state index contributed by atoms with van der Waals surface area (Å²) in [5.41, 5.74) is 0. The summed E-state index contributed by atoms with van der Waals surface area (Å²) in [7, 11) is 0. The fraction of sp³-hybridized carbons (Fsp3) is 0.500. The maximum atomic E-state index is 12.2. The van der Waals surface area contributed by atoms with Gasteiger partial charge < -0.3 is 24.3 Å². The quantitative estimate of drug-likeness (QED) is 0.813. The lowest BCUT2D eigenvalue weighted by Gasteiger charge is -2.36. The van der Waals surface area contributed by atoms with Crippen LogP contribution in [0.1, 0.15) is 28.0 Å². The molecule has 0 spiro atoms. The van der Waals surface area contributed by atoms with Crippen LogP contribution in [-0.2, 0) is 4.74 Å². The third kappa shape index (κ3) is 2.77. The summed E-state index contributed by atoms with van der Waals surface area (Å²) >= 11 is 0. The number of morpholine rings is 1. The second-order valence-electron chi connectivity index (χ2n) is 4.41. The first-order valence-electron chi connectivity index (χ1n) is 5.89. The van der Waals surface area contributed by atoms with Crippen LogP contribution in [0.4, 0.5) is 0 Å². The Kier molecular flexibility index (Phi) is 3.87. The van der Waals surface area contributed by atoms with Gasteiger partial charge in [-0.1, -0.05) is 0 Å². The van der Waals surface area contributed by atoms with Crippen LogP contribution < -0.4 is 0 Å². The van der Waals surface area contributed by atoms with Crippen molar-refractivity contribution in [2.24, 2.45) is 0 Å². The molecule has 1 saturated heterocycles. The maximum absolute atomic E-state index is 12.2. The van der Waals surface area contributed by atoms with Gasteiger partial charge in [-0.3, -0.25) is 4.79 Å². The van der Waals surface area contributed by atoms with Gasteiger partial charge in [-0.05, 0) is 19.1 Å². The molecule has 19 heavy (non-hydrogen) atoms. The molecule has 0 aromatic carbocycles. The Morgan fingerprint density at radius 3 is 2.68 bits per heavy atom. The minimum Gasteiger partial charge on any atom is -0.475 e. The van der Waals surface area contributed by atoms with Gasteiger partial charge in [-0.25, -0.2) is 4.79 Å². The molecule has 7 heteroatoms. The zero-order chi connectivity index (χ0) is 14.0. The van der Waals surface area contributed by atoms with Crippen LogP contribution in [0, 0.1) is 0 Å². The molecular formula is C12H15NO6. The largest absolute Gasteiger partial charge is 0.475 e. The first kappa shape index (κ1) is 13.6. The summed E-state index contributed by atoms with van der Waals surface area (Å²) in [5.74, 6) is -1.92. The van der Waals surface area contributed by atoms with E-state index in [4.69, 9.17) is 19.4 Å². The lowest BCUT2D eigenvalue weighted by Crippen LogP contribution is -2.51. The number of ether oxygens (including phenoxy) is 1. The molecule has 2 unspecified atom stereocenters. The molecule has 1 aromatic heterocycles. The lowest BCUT2D eigenvalue weighted by molar-refractivity contribution is -0.0674. The number of aromatic carboxylic acids is 1. The van der Waals surface area contributed by atoms with Crippen LogP contribution in [0.15, 0.2) is 16.5 Å². The summed E-state index contributed by atoms with van der Waals surface area (Å²) < 4.78 is 10.3. The number of carboxylic acid groups (broad SMARTS) is 1. The van der Waals surface area contributed by atoms with Gasteiger partial charge in [0, 0.05) is 6.54 Å². The Bertz CT molecular complexity index is 482. The Morgan fingerprint density at radius 1 is 1.42 bits per heavy atom. The molecule has 1 aliphatic heterocycles. The highest BCUT2D eigenvalue weighted by atomic mass is 16.5. The number of rotatable bonds is 3. The van der Waals surface area contributed by atoms with Gasteiger partial charge in [0.2, 0.25) is 5.76 Å². The standard InChI is InChI=1S/C12H15NO6/c1-7-6-18-8(5-14)4-13(7)11(15)9-2-3-10(19-9)12(16)17/h2-3,7-8,14H,4-6H2,1H3,(H,16,17). The molecule has 0 bridgehead atoms. The number of aliphatic hydroxyl groups excluding tert-OH is 1. The summed E-state index contributed by atoms with van der Waals surface area (Å²) in [6.07, 6.45) is -0.422. The average molecular weight is 269 g/mol. The van der Waals surface area contributed by atoms with Crippen molar-refractivity contribution in [3.05, 3.63) is 23.7 Å². The summed E-state index contributed by atoms with van der Waals surface area (Å²) in [6, 6.07) is 2.42. The van der Waals surface area contributed by atoms with Gasteiger partial charge in [-0.2, -0.15) is 0 Å². The minimum absolute atomic E-state index is 0.0251. The van der Waals surface area contributed by atoms with Gasteiger partial charge in [0.15, 0.2) is 5.76 Å². The van der Waals surface area contributed by atoms with Gasteiger partial charge in [0.25, 0.3) is 5.91 Å². The molecule has 2 heterocycles. The monoisotopic (exact) mass is 269 g/mol. The Balaban J connectivity index is 2.14. The number of aliphatic hydroxyl groups is 1. The lowest BCUT2D eigenvalue weighted by atomic mass is 10.2. The maximum Gasteiger partial charge on any atom is 0.371 e. The number of furan rings is 1. The molecule has 2 atom stereocenters. The number of carbonyl (C=O) groups is 2. The second-order valence-corrected chi connectivity index (χ2v) is 4.41. The van der Waals surface area contributed by atoms with Crippen molar-refractivity contribution in [1.82, 2.24) is 4.90 Å². The SMILES string of the molecule is CC1COC(CO)CN1C(=O)c1ccc(C(=O)O)o1. The third-order valence-corrected chi connectivity index (χ3v) is 3.00. The predicted octanol–water partition coefficient (Wildman–Crippen LogP) is 0.200. The smallest absolute Gasteiger partial charge is 0.371 e. The topological polar surface area (TPSA) is 100 Å². The summed E-state index contributed by atoms with van der Waals surface area (Å²) in [6.45, 7) is 2.21. The van der Waals surface area contributed by atoms with Gasteiger partial charge in [-0.15, -0.1) is 0 Å². The highest BCUT2D eigenvalue weighted by Gasteiger charge is 2.31. The van der Waals surface area contributed by atoms with E-state index in [-0.39, 0.29) is 30.7 Å². The predicted molar refractivity (Wildman–Crippen MR) is 63.0 cm³/mol. The van der Waals surface area contributed by atoms with Crippen molar-refractivity contribution in [3.63, 3.8) is 0 Å². The van der Waals surface area contributed by atoms with Crippen LogP contribution >= 0.6 is 0 Å². The number of carboxylic acids is 1. The van der Waals surface area contributed by atoms with E-state index in [1.165, 1.54) is 17.0 Å². The van der Waals surface area contributed by atoms with Crippen molar-refractivity contribution in [2.75, 3.05) is 19.8 Å². The molecule has 1 aliphatic rings. The minimum atomic E-state index is -1.22. The molecule has 0 aliphatic carbocycles. The Morgan fingerprint density at radius 2 is 2.11 bits per heavy atom. The van der Waals surface area contributed by atoms with E-state index in [0.717, 1.165) is 0 Å². The van der Waals surface area contributed by atoms with Crippen molar-refractivity contribution >= 4 is 11.9 Å². The van der Waals surface area contributed by atoms with Crippen LogP contribution in [-0.4, -0.2) is 58.9 Å². The van der Waals surface area contributed by atoms with Gasteiger partial charge in [0.1, 0.15) is 0 Å². The summed E-state index contributed by atoms with van der Waals surface area (Å²) in [4.78, 5) is 24.4. The first-order chi connectivity index (χ1) is 9.02. The number of hydrogen-bond donors (Lipinski definition) is 2. The highest BCUT2D eigenvalue weighted by molar-refractivity contribution is 5.93. The van der Waals surface area contributed by atoms with E-state index in [2.05, 4.69) is 0 Å². The molecular weight excluding hydrogens is 254 g/mol. The van der Waals surface area contributed by atoms with Crippen LogP contribution in [0.25, 0.3) is 0 Å². The normalized spacial score (nSPS) is 23.4. The second kappa shape index (κ2) is 5.41. The zero-order valence-corrected chi connectivity index (χ0v) is 10.4. The Hall–Kier alpha value is -1.86. The molecule has 1 amide bonds. The number of nitrogens with zero attached hydrogens (tertiary/aromatic N) is 1. The molecule has 2 N–H and O–H groups in total. The zero-order valence-electron chi connectivity index (χ0n) is 10.4. The molecule has 2 rings (SSSR count). The van der Waals surface area contributed by atoms with Crippen LogP contribution in [0.2, 0.25) is 0 Å². The van der Waals surface area contributed by atoms with E-state index < -0.39 is 18.0 Å². The number of amides is 1. The molecule has 7 nitrogen and oxygen atoms in total. The van der Waals surface area contributed by atoms with Gasteiger partial charge >= 0.3 is 5.97 Å². The molecule has 104 valence electrons. The third-order valence-electron chi connectivity index (χ3n) is 3.00. The van der Waals surface area contributed by atoms with Crippen molar-refractivity contribution in [3.8, 4) is 0 Å². The molecule has 1 aromatic rings. The Labute approximate surface area is 109 Å². The van der Waals surface area contributed by atoms with E-state index in [1.807, 2.05) is 6.92 Å². The molecule has 0 radical (unpaired) electrons. The number of carbonyl (C=O) groups excluding carboxylic acids is 1. The van der Waals surface area contributed by atoms with Crippen molar-refractivity contribution in [2.45, 2.75) is 19.1 Å².